The van der Waals surface area contributed by atoms with Gasteiger partial charge < -0.3 is 15.4 Å². The third kappa shape index (κ3) is 6.14. The van der Waals surface area contributed by atoms with Gasteiger partial charge in [-0.3, -0.25) is 0 Å². The van der Waals surface area contributed by atoms with E-state index >= 15 is 0 Å². The fraction of sp³-hybridized carbons (Fsp3) is 0.381. The van der Waals surface area contributed by atoms with Crippen molar-refractivity contribution in [3.8, 4) is 5.75 Å². The molecule has 0 aliphatic rings. The molecule has 2 aromatic carbocycles. The smallest absolute Gasteiger partial charge is 0.315 e. The molecule has 0 saturated carbocycles. The van der Waals surface area contributed by atoms with Gasteiger partial charge in [-0.2, -0.15) is 0 Å². The fourth-order valence-electron chi connectivity index (χ4n) is 2.78. The summed E-state index contributed by atoms with van der Waals surface area (Å²) in [4.78, 5) is 12.2. The van der Waals surface area contributed by atoms with Gasteiger partial charge in [-0.1, -0.05) is 56.3 Å². The topological polar surface area (TPSA) is 50.4 Å². The van der Waals surface area contributed by atoms with E-state index in [0.29, 0.717) is 12.5 Å². The summed E-state index contributed by atoms with van der Waals surface area (Å²) in [5.41, 5.74) is 2.37. The van der Waals surface area contributed by atoms with Gasteiger partial charge in [0.15, 0.2) is 0 Å². The molecule has 0 aliphatic heterocycles. The minimum atomic E-state index is -0.123. The molecule has 1 atom stereocenters. The van der Waals surface area contributed by atoms with Crippen LogP contribution in [0.1, 0.15) is 37.4 Å². The predicted molar refractivity (Wildman–Crippen MR) is 102 cm³/mol. The van der Waals surface area contributed by atoms with Gasteiger partial charge >= 0.3 is 6.03 Å². The van der Waals surface area contributed by atoms with Gasteiger partial charge in [0.25, 0.3) is 0 Å². The first-order valence-corrected chi connectivity index (χ1v) is 8.82. The molecule has 2 N–H and O–H groups in total. The maximum absolute atomic E-state index is 12.2. The number of carbonyl (C=O) groups excluding carboxylic acids is 1. The minimum Gasteiger partial charge on any atom is -0.497 e. The summed E-state index contributed by atoms with van der Waals surface area (Å²) >= 11 is 0. The second-order valence-corrected chi connectivity index (χ2v) is 6.48. The van der Waals surface area contributed by atoms with Crippen LogP contribution in [0.25, 0.3) is 0 Å². The Balaban J connectivity index is 1.81. The standard InChI is InChI=1S/C21H28N2O2/c1-16(2)20(18-11-13-19(25-3)14-12-18)23-21(24)22-15-7-10-17-8-5-4-6-9-17/h4-6,8-9,11-14,16,20H,7,10,15H2,1-3H3,(H2,22,23,24). The van der Waals surface area contributed by atoms with Gasteiger partial charge in [0.2, 0.25) is 0 Å². The van der Waals surface area contributed by atoms with E-state index in [1.165, 1.54) is 5.56 Å². The minimum absolute atomic E-state index is 0.0278. The number of benzene rings is 2. The molecule has 0 fully saturated rings. The number of methoxy groups -OCH3 is 1. The number of amides is 2. The van der Waals surface area contributed by atoms with E-state index in [2.05, 4.69) is 36.6 Å². The van der Waals surface area contributed by atoms with Gasteiger partial charge in [-0.15, -0.1) is 0 Å². The highest BCUT2D eigenvalue weighted by molar-refractivity contribution is 5.74. The zero-order valence-corrected chi connectivity index (χ0v) is 15.3. The van der Waals surface area contributed by atoms with Crippen molar-refractivity contribution in [3.63, 3.8) is 0 Å². The van der Waals surface area contributed by atoms with Crippen molar-refractivity contribution in [2.75, 3.05) is 13.7 Å². The number of carbonyl (C=O) groups is 1. The van der Waals surface area contributed by atoms with Gasteiger partial charge in [0.05, 0.1) is 13.2 Å². The van der Waals surface area contributed by atoms with Crippen molar-refractivity contribution in [1.82, 2.24) is 10.6 Å². The summed E-state index contributed by atoms with van der Waals surface area (Å²) < 4.78 is 5.19. The van der Waals surface area contributed by atoms with Gasteiger partial charge in [0, 0.05) is 6.54 Å². The summed E-state index contributed by atoms with van der Waals surface area (Å²) in [6, 6.07) is 18.0. The van der Waals surface area contributed by atoms with Gasteiger partial charge in [0.1, 0.15) is 5.75 Å². The third-order valence-corrected chi connectivity index (χ3v) is 4.20. The molecule has 0 saturated heterocycles. The van der Waals surface area contributed by atoms with E-state index in [9.17, 15) is 4.79 Å². The second kappa shape index (κ2) is 9.72. The number of urea groups is 1. The highest BCUT2D eigenvalue weighted by Gasteiger charge is 2.18. The molecule has 2 rings (SSSR count). The molecule has 0 radical (unpaired) electrons. The van der Waals surface area contributed by atoms with E-state index in [4.69, 9.17) is 4.74 Å². The lowest BCUT2D eigenvalue weighted by Gasteiger charge is -2.23. The highest BCUT2D eigenvalue weighted by atomic mass is 16.5. The quantitative estimate of drug-likeness (QED) is 0.703. The largest absolute Gasteiger partial charge is 0.497 e. The fourth-order valence-corrected chi connectivity index (χ4v) is 2.78. The number of ether oxygens (including phenoxy) is 1. The SMILES string of the molecule is COc1ccc(C(NC(=O)NCCCc2ccccc2)C(C)C)cc1. The Hall–Kier alpha value is -2.49. The Morgan fingerprint density at radius 3 is 2.32 bits per heavy atom. The van der Waals surface area contributed by atoms with Crippen LogP contribution in [0.5, 0.6) is 5.75 Å². The van der Waals surface area contributed by atoms with E-state index in [1.807, 2.05) is 42.5 Å². The summed E-state index contributed by atoms with van der Waals surface area (Å²) in [6.07, 6.45) is 1.89. The first-order valence-electron chi connectivity index (χ1n) is 8.82. The molecule has 2 aromatic rings. The number of aryl methyl sites for hydroxylation is 1. The van der Waals surface area contributed by atoms with Crippen molar-refractivity contribution < 1.29 is 9.53 Å². The zero-order valence-electron chi connectivity index (χ0n) is 15.3. The molecular formula is C21H28N2O2. The van der Waals surface area contributed by atoms with Crippen LogP contribution in [-0.4, -0.2) is 19.7 Å². The van der Waals surface area contributed by atoms with Crippen molar-refractivity contribution in [2.24, 2.45) is 5.92 Å². The van der Waals surface area contributed by atoms with E-state index in [0.717, 1.165) is 24.2 Å². The average Bonchev–Trinajstić information content (AvgIpc) is 2.64. The lowest BCUT2D eigenvalue weighted by atomic mass is 9.96. The lowest BCUT2D eigenvalue weighted by Crippen LogP contribution is -2.40. The van der Waals surface area contributed by atoms with Crippen LogP contribution in [0.2, 0.25) is 0 Å². The highest BCUT2D eigenvalue weighted by Crippen LogP contribution is 2.23. The summed E-state index contributed by atoms with van der Waals surface area (Å²) in [6.45, 7) is 4.86. The Morgan fingerprint density at radius 2 is 1.72 bits per heavy atom. The Labute approximate surface area is 150 Å². The van der Waals surface area contributed by atoms with Crippen molar-refractivity contribution in [2.45, 2.75) is 32.7 Å². The summed E-state index contributed by atoms with van der Waals surface area (Å²) in [7, 11) is 1.65. The Bertz CT molecular complexity index is 639. The van der Waals surface area contributed by atoms with E-state index in [-0.39, 0.29) is 12.1 Å². The van der Waals surface area contributed by atoms with E-state index < -0.39 is 0 Å². The molecule has 1 unspecified atom stereocenters. The summed E-state index contributed by atoms with van der Waals surface area (Å²) in [5.74, 6) is 1.11. The predicted octanol–water partition coefficient (Wildman–Crippen LogP) is 4.32. The molecular weight excluding hydrogens is 312 g/mol. The third-order valence-electron chi connectivity index (χ3n) is 4.20. The van der Waals surface area contributed by atoms with Crippen LogP contribution in [0.3, 0.4) is 0 Å². The van der Waals surface area contributed by atoms with Crippen LogP contribution in [-0.2, 0) is 6.42 Å². The van der Waals surface area contributed by atoms with Crippen LogP contribution in [0.4, 0.5) is 4.79 Å². The molecule has 2 amide bonds. The molecule has 0 aliphatic carbocycles. The lowest BCUT2D eigenvalue weighted by molar-refractivity contribution is 0.233. The van der Waals surface area contributed by atoms with Crippen LogP contribution in [0, 0.1) is 5.92 Å². The van der Waals surface area contributed by atoms with E-state index in [1.54, 1.807) is 7.11 Å². The van der Waals surface area contributed by atoms with Crippen molar-refractivity contribution >= 4 is 6.03 Å². The molecule has 0 heterocycles. The van der Waals surface area contributed by atoms with Gasteiger partial charge in [-0.05, 0) is 42.0 Å². The Morgan fingerprint density at radius 1 is 1.04 bits per heavy atom. The van der Waals surface area contributed by atoms with Crippen molar-refractivity contribution in [3.05, 3.63) is 65.7 Å². The summed E-state index contributed by atoms with van der Waals surface area (Å²) in [5, 5.41) is 6.03. The maximum atomic E-state index is 12.2. The number of rotatable bonds is 8. The molecule has 4 nitrogen and oxygen atoms in total. The van der Waals surface area contributed by atoms with Crippen LogP contribution in [0.15, 0.2) is 54.6 Å². The molecule has 0 bridgehead atoms. The number of nitrogens with one attached hydrogen (secondary N) is 2. The molecule has 134 valence electrons. The zero-order chi connectivity index (χ0) is 18.1. The average molecular weight is 340 g/mol. The second-order valence-electron chi connectivity index (χ2n) is 6.48. The molecule has 0 spiro atoms. The number of hydrogen-bond donors (Lipinski definition) is 2. The van der Waals surface area contributed by atoms with Crippen LogP contribution >= 0.6 is 0 Å². The monoisotopic (exact) mass is 340 g/mol. The number of hydrogen-bond acceptors (Lipinski definition) is 2. The van der Waals surface area contributed by atoms with Crippen molar-refractivity contribution in [1.29, 1.82) is 0 Å². The molecule has 0 aromatic heterocycles. The Kier molecular flexibility index (Phi) is 7.33. The maximum Gasteiger partial charge on any atom is 0.315 e. The molecule has 4 heteroatoms. The normalized spacial score (nSPS) is 11.8. The first kappa shape index (κ1) is 18.8. The first-order chi connectivity index (χ1) is 12.1. The van der Waals surface area contributed by atoms with Gasteiger partial charge in [-0.25, -0.2) is 4.79 Å². The molecule has 25 heavy (non-hydrogen) atoms. The van der Waals surface area contributed by atoms with Crippen LogP contribution < -0.4 is 15.4 Å².